The standard InChI is InChI=1S/C21H14ClNO6/c22-15-8-11-18(24)17(12-15)21(26)29-20(19(25)13-4-2-1-3-5-13)14-6-9-16(10-7-14)23(27)28/h1-12,20,24H/t20-/m1/s1. The van der Waals surface area contributed by atoms with Crippen molar-refractivity contribution >= 4 is 29.0 Å². The molecule has 0 saturated heterocycles. The normalized spacial score (nSPS) is 11.5. The van der Waals surface area contributed by atoms with Gasteiger partial charge in [-0.3, -0.25) is 14.9 Å². The number of halogens is 1. The number of phenols is 1. The first-order valence-electron chi connectivity index (χ1n) is 8.40. The molecular weight excluding hydrogens is 398 g/mol. The molecule has 0 fully saturated rings. The van der Waals surface area contributed by atoms with Gasteiger partial charge in [0.15, 0.2) is 6.10 Å². The van der Waals surface area contributed by atoms with Crippen LogP contribution in [0.15, 0.2) is 72.8 Å². The topological polar surface area (TPSA) is 107 Å². The summed E-state index contributed by atoms with van der Waals surface area (Å²) in [5.74, 6) is -1.83. The van der Waals surface area contributed by atoms with E-state index in [9.17, 15) is 24.8 Å². The summed E-state index contributed by atoms with van der Waals surface area (Å²) in [4.78, 5) is 35.9. The Balaban J connectivity index is 1.98. The van der Waals surface area contributed by atoms with Crippen LogP contribution in [0.25, 0.3) is 0 Å². The van der Waals surface area contributed by atoms with E-state index in [0.717, 1.165) is 0 Å². The predicted molar refractivity (Wildman–Crippen MR) is 105 cm³/mol. The highest BCUT2D eigenvalue weighted by molar-refractivity contribution is 6.31. The average Bonchev–Trinajstić information content (AvgIpc) is 2.73. The Kier molecular flexibility index (Phi) is 5.90. The van der Waals surface area contributed by atoms with E-state index >= 15 is 0 Å². The molecule has 3 aromatic rings. The summed E-state index contributed by atoms with van der Waals surface area (Å²) in [5.41, 5.74) is 0.169. The Morgan fingerprint density at radius 2 is 1.66 bits per heavy atom. The minimum Gasteiger partial charge on any atom is -0.507 e. The van der Waals surface area contributed by atoms with Gasteiger partial charge in [-0.25, -0.2) is 4.79 Å². The maximum Gasteiger partial charge on any atom is 0.343 e. The number of carbonyl (C=O) groups excluding carboxylic acids is 2. The third-order valence-electron chi connectivity index (χ3n) is 4.11. The first-order valence-corrected chi connectivity index (χ1v) is 8.77. The van der Waals surface area contributed by atoms with E-state index in [-0.39, 0.29) is 27.6 Å². The Labute approximate surface area is 170 Å². The fourth-order valence-corrected chi connectivity index (χ4v) is 2.81. The summed E-state index contributed by atoms with van der Waals surface area (Å²) >= 11 is 5.87. The smallest absolute Gasteiger partial charge is 0.343 e. The first-order chi connectivity index (χ1) is 13.9. The van der Waals surface area contributed by atoms with Crippen LogP contribution in [-0.4, -0.2) is 21.8 Å². The number of carbonyl (C=O) groups is 2. The number of benzene rings is 3. The largest absolute Gasteiger partial charge is 0.507 e. The Bertz CT molecular complexity index is 1070. The second-order valence-electron chi connectivity index (χ2n) is 6.03. The monoisotopic (exact) mass is 411 g/mol. The third kappa shape index (κ3) is 4.59. The van der Waals surface area contributed by atoms with Crippen molar-refractivity contribution in [2.24, 2.45) is 0 Å². The Morgan fingerprint density at radius 1 is 1.00 bits per heavy atom. The van der Waals surface area contributed by atoms with Gasteiger partial charge in [-0.05, 0) is 30.3 Å². The molecule has 0 heterocycles. The second-order valence-corrected chi connectivity index (χ2v) is 6.46. The molecule has 0 aliphatic heterocycles. The van der Waals surface area contributed by atoms with E-state index in [1.54, 1.807) is 30.3 Å². The van der Waals surface area contributed by atoms with Crippen molar-refractivity contribution in [1.29, 1.82) is 0 Å². The fraction of sp³-hybridized carbons (Fsp3) is 0.0476. The molecule has 1 N–H and O–H groups in total. The molecule has 1 atom stereocenters. The zero-order chi connectivity index (χ0) is 21.0. The lowest BCUT2D eigenvalue weighted by atomic mass is 9.99. The molecule has 7 nitrogen and oxygen atoms in total. The highest BCUT2D eigenvalue weighted by Crippen LogP contribution is 2.29. The number of non-ortho nitro benzene ring substituents is 1. The fourth-order valence-electron chi connectivity index (χ4n) is 2.64. The van der Waals surface area contributed by atoms with Gasteiger partial charge in [0, 0.05) is 28.3 Å². The van der Waals surface area contributed by atoms with Gasteiger partial charge in [0.1, 0.15) is 11.3 Å². The van der Waals surface area contributed by atoms with E-state index in [4.69, 9.17) is 16.3 Å². The van der Waals surface area contributed by atoms with Gasteiger partial charge in [-0.1, -0.05) is 41.9 Å². The molecule has 8 heteroatoms. The predicted octanol–water partition coefficient (Wildman–Crippen LogP) is 4.73. The van der Waals surface area contributed by atoms with E-state index in [1.807, 2.05) is 0 Å². The van der Waals surface area contributed by atoms with Crippen LogP contribution >= 0.6 is 11.6 Å². The Morgan fingerprint density at radius 3 is 2.28 bits per heavy atom. The van der Waals surface area contributed by atoms with E-state index < -0.39 is 22.8 Å². The van der Waals surface area contributed by atoms with Crippen LogP contribution in [0.3, 0.4) is 0 Å². The minimum atomic E-state index is -1.37. The molecule has 29 heavy (non-hydrogen) atoms. The van der Waals surface area contributed by atoms with Gasteiger partial charge in [0.05, 0.1) is 4.92 Å². The molecular formula is C21H14ClNO6. The SMILES string of the molecule is O=C(O[C@@H](C(=O)c1ccccc1)c1ccc([N+](=O)[O-])cc1)c1cc(Cl)ccc1O. The molecule has 0 bridgehead atoms. The van der Waals surface area contributed by atoms with Crippen LogP contribution in [0.4, 0.5) is 5.69 Å². The molecule has 146 valence electrons. The second kappa shape index (κ2) is 8.53. The number of aromatic hydroxyl groups is 1. The van der Waals surface area contributed by atoms with E-state index in [2.05, 4.69) is 0 Å². The van der Waals surface area contributed by atoms with Crippen LogP contribution in [0.1, 0.15) is 32.4 Å². The first kappa shape index (κ1) is 20.0. The van der Waals surface area contributed by atoms with Crippen molar-refractivity contribution in [2.45, 2.75) is 6.10 Å². The lowest BCUT2D eigenvalue weighted by molar-refractivity contribution is -0.384. The maximum atomic E-state index is 13.0. The van der Waals surface area contributed by atoms with Gasteiger partial charge >= 0.3 is 5.97 Å². The number of hydrogen-bond acceptors (Lipinski definition) is 6. The summed E-state index contributed by atoms with van der Waals surface area (Å²) in [6.45, 7) is 0. The third-order valence-corrected chi connectivity index (χ3v) is 4.34. The highest BCUT2D eigenvalue weighted by atomic mass is 35.5. The van der Waals surface area contributed by atoms with Crippen LogP contribution in [0, 0.1) is 10.1 Å². The van der Waals surface area contributed by atoms with Gasteiger partial charge in [-0.2, -0.15) is 0 Å². The molecule has 0 aromatic heterocycles. The van der Waals surface area contributed by atoms with E-state index in [1.165, 1.54) is 42.5 Å². The van der Waals surface area contributed by atoms with Crippen molar-refractivity contribution in [3.05, 3.63) is 105 Å². The van der Waals surface area contributed by atoms with Crippen molar-refractivity contribution in [3.8, 4) is 5.75 Å². The number of nitrogens with zero attached hydrogens (tertiary/aromatic N) is 1. The van der Waals surface area contributed by atoms with Crippen LogP contribution in [0.5, 0.6) is 5.75 Å². The number of nitro groups is 1. The molecule has 0 spiro atoms. The molecule has 0 saturated carbocycles. The van der Waals surface area contributed by atoms with E-state index in [0.29, 0.717) is 5.56 Å². The number of ether oxygens (including phenoxy) is 1. The van der Waals surface area contributed by atoms with Gasteiger partial charge in [-0.15, -0.1) is 0 Å². The molecule has 0 aliphatic rings. The van der Waals surface area contributed by atoms with Gasteiger partial charge < -0.3 is 9.84 Å². The molecule has 0 radical (unpaired) electrons. The number of ketones is 1. The lowest BCUT2D eigenvalue weighted by Gasteiger charge is -2.18. The van der Waals surface area contributed by atoms with Crippen molar-refractivity contribution in [2.75, 3.05) is 0 Å². The summed E-state index contributed by atoms with van der Waals surface area (Å²) in [5, 5.41) is 21.0. The molecule has 3 rings (SSSR count). The van der Waals surface area contributed by atoms with Crippen molar-refractivity contribution in [1.82, 2.24) is 0 Å². The van der Waals surface area contributed by atoms with Crippen LogP contribution in [0.2, 0.25) is 5.02 Å². The molecule has 0 unspecified atom stereocenters. The van der Waals surface area contributed by atoms with Gasteiger partial charge in [0.25, 0.3) is 5.69 Å². The quantitative estimate of drug-likeness (QED) is 0.272. The maximum absolute atomic E-state index is 13.0. The Hall–Kier alpha value is -3.71. The number of nitro benzene ring substituents is 1. The van der Waals surface area contributed by atoms with Gasteiger partial charge in [0.2, 0.25) is 5.78 Å². The number of rotatable bonds is 6. The summed E-state index contributed by atoms with van der Waals surface area (Å²) < 4.78 is 5.40. The van der Waals surface area contributed by atoms with Crippen LogP contribution in [-0.2, 0) is 4.74 Å². The molecule has 0 aliphatic carbocycles. The number of phenolic OH excluding ortho intramolecular Hbond substituents is 1. The highest BCUT2D eigenvalue weighted by Gasteiger charge is 2.28. The molecule has 3 aromatic carbocycles. The number of hydrogen-bond donors (Lipinski definition) is 1. The average molecular weight is 412 g/mol. The van der Waals surface area contributed by atoms with Crippen molar-refractivity contribution < 1.29 is 24.4 Å². The number of Topliss-reactive ketones (excluding diaryl/α,β-unsaturated/α-hetero) is 1. The summed E-state index contributed by atoms with van der Waals surface area (Å²) in [7, 11) is 0. The summed E-state index contributed by atoms with van der Waals surface area (Å²) in [6, 6.07) is 17.1. The lowest BCUT2D eigenvalue weighted by Crippen LogP contribution is -2.20. The molecule has 0 amide bonds. The number of esters is 1. The zero-order valence-electron chi connectivity index (χ0n) is 14.8. The summed E-state index contributed by atoms with van der Waals surface area (Å²) in [6.07, 6.45) is -1.37. The van der Waals surface area contributed by atoms with Crippen LogP contribution < -0.4 is 0 Å². The van der Waals surface area contributed by atoms with Crippen molar-refractivity contribution in [3.63, 3.8) is 0 Å². The minimum absolute atomic E-state index is 0.168. The zero-order valence-corrected chi connectivity index (χ0v) is 15.6.